The molecule has 1 aliphatic carbocycles. The Balaban J connectivity index is 1.90. The lowest BCUT2D eigenvalue weighted by atomic mass is 9.88. The van der Waals surface area contributed by atoms with E-state index in [2.05, 4.69) is 10.6 Å². The summed E-state index contributed by atoms with van der Waals surface area (Å²) in [5.74, 6) is -0.171. The van der Waals surface area contributed by atoms with E-state index in [1.54, 1.807) is 13.1 Å². The van der Waals surface area contributed by atoms with Crippen molar-refractivity contribution in [1.82, 2.24) is 20.1 Å². The minimum atomic E-state index is -1.29. The van der Waals surface area contributed by atoms with Gasteiger partial charge in [-0.2, -0.15) is 0 Å². The van der Waals surface area contributed by atoms with Crippen molar-refractivity contribution in [3.8, 4) is 0 Å². The van der Waals surface area contributed by atoms with E-state index in [4.69, 9.17) is 0 Å². The summed E-state index contributed by atoms with van der Waals surface area (Å²) in [5, 5.41) is 16.8. The molecule has 3 aliphatic rings. The number of nitrogens with one attached hydrogen (secondary N) is 2. The number of urea groups is 1. The summed E-state index contributed by atoms with van der Waals surface area (Å²) < 4.78 is 1.98. The molecular formula is C14H18N4O3. The maximum atomic E-state index is 12.4. The van der Waals surface area contributed by atoms with Gasteiger partial charge in [0.1, 0.15) is 11.7 Å². The lowest BCUT2D eigenvalue weighted by Crippen LogP contribution is -2.64. The van der Waals surface area contributed by atoms with Crippen molar-refractivity contribution < 1.29 is 14.7 Å². The van der Waals surface area contributed by atoms with E-state index in [1.807, 2.05) is 24.5 Å². The first-order valence-corrected chi connectivity index (χ1v) is 7.06. The Morgan fingerprint density at radius 2 is 2.10 bits per heavy atom. The van der Waals surface area contributed by atoms with Gasteiger partial charge in [0.05, 0.1) is 11.6 Å². The Morgan fingerprint density at radius 3 is 2.81 bits per heavy atom. The number of aryl methyl sites for hydroxylation is 1. The molecule has 21 heavy (non-hydrogen) atoms. The van der Waals surface area contributed by atoms with Crippen LogP contribution in [0.5, 0.6) is 0 Å². The van der Waals surface area contributed by atoms with E-state index < -0.39 is 17.3 Å². The third kappa shape index (κ3) is 1.23. The van der Waals surface area contributed by atoms with Gasteiger partial charge in [0.15, 0.2) is 5.72 Å². The number of rotatable bonds is 0. The fourth-order valence-corrected chi connectivity index (χ4v) is 4.25. The topological polar surface area (TPSA) is 86.6 Å². The molecule has 1 unspecified atom stereocenters. The largest absolute Gasteiger partial charge is 0.368 e. The molecule has 0 bridgehead atoms. The van der Waals surface area contributed by atoms with Gasteiger partial charge in [0.2, 0.25) is 0 Å². The van der Waals surface area contributed by atoms with Gasteiger partial charge in [0, 0.05) is 19.2 Å². The number of aliphatic hydroxyl groups is 1. The molecule has 2 fully saturated rings. The van der Waals surface area contributed by atoms with Gasteiger partial charge in [-0.05, 0) is 26.0 Å². The van der Waals surface area contributed by atoms with Crippen LogP contribution >= 0.6 is 0 Å². The Hall–Kier alpha value is -2.02. The van der Waals surface area contributed by atoms with E-state index >= 15 is 0 Å². The molecule has 4 atom stereocenters. The van der Waals surface area contributed by atoms with Crippen LogP contribution in [0.3, 0.4) is 0 Å². The Bertz CT molecular complexity index is 684. The summed E-state index contributed by atoms with van der Waals surface area (Å²) in [6.45, 7) is 3.84. The van der Waals surface area contributed by atoms with E-state index in [1.165, 1.54) is 4.90 Å². The van der Waals surface area contributed by atoms with Gasteiger partial charge in [-0.3, -0.25) is 9.69 Å². The van der Waals surface area contributed by atoms with Crippen molar-refractivity contribution in [3.63, 3.8) is 0 Å². The SMILES string of the molecule is Cc1ccc2n1[C@@H]1C[C@]3(O)C(NC(=O)N3C)[C@]1(C)NC2=O. The highest BCUT2D eigenvalue weighted by Gasteiger charge is 2.69. The predicted molar refractivity (Wildman–Crippen MR) is 73.7 cm³/mol. The standard InChI is InChI=1S/C14H18N4O3/c1-7-4-5-8-10(19)16-13(2)9(18(7)8)6-14(21)11(13)15-12(20)17(14)3/h4-5,9,11,21H,6H2,1-3H3,(H,15,20)(H,16,19)/t9-,11?,13-,14+/m1/s1. The molecule has 112 valence electrons. The summed E-state index contributed by atoms with van der Waals surface area (Å²) in [4.78, 5) is 25.6. The van der Waals surface area contributed by atoms with E-state index in [0.29, 0.717) is 12.1 Å². The van der Waals surface area contributed by atoms with Crippen LogP contribution in [-0.4, -0.2) is 50.9 Å². The van der Waals surface area contributed by atoms with E-state index in [9.17, 15) is 14.7 Å². The summed E-state index contributed by atoms with van der Waals surface area (Å²) in [5.41, 5.74) is -0.424. The Kier molecular flexibility index (Phi) is 2.06. The van der Waals surface area contributed by atoms with Gasteiger partial charge in [-0.25, -0.2) is 4.79 Å². The monoisotopic (exact) mass is 290 g/mol. The normalized spacial score (nSPS) is 40.5. The fourth-order valence-electron chi connectivity index (χ4n) is 4.25. The van der Waals surface area contributed by atoms with E-state index in [0.717, 1.165) is 5.69 Å². The molecule has 3 amide bonds. The maximum Gasteiger partial charge on any atom is 0.319 e. The van der Waals surface area contributed by atoms with Crippen molar-refractivity contribution in [2.45, 2.75) is 43.6 Å². The van der Waals surface area contributed by atoms with Crippen LogP contribution in [0.25, 0.3) is 0 Å². The minimum Gasteiger partial charge on any atom is -0.368 e. The molecule has 3 N–H and O–H groups in total. The van der Waals surface area contributed by atoms with E-state index in [-0.39, 0.29) is 18.0 Å². The van der Waals surface area contributed by atoms with Crippen molar-refractivity contribution in [2.75, 3.05) is 7.05 Å². The number of amides is 3. The Labute approximate surface area is 121 Å². The zero-order valence-corrected chi connectivity index (χ0v) is 12.2. The predicted octanol–water partition coefficient (Wildman–Crippen LogP) is -0.0444. The van der Waals surface area contributed by atoms with Gasteiger partial charge >= 0.3 is 6.03 Å². The van der Waals surface area contributed by atoms with Gasteiger partial charge in [-0.1, -0.05) is 0 Å². The number of hydrogen-bond donors (Lipinski definition) is 3. The highest BCUT2D eigenvalue weighted by Crippen LogP contribution is 2.51. The molecule has 1 aromatic rings. The summed E-state index contributed by atoms with van der Waals surface area (Å²) in [6, 6.07) is 2.75. The summed E-state index contributed by atoms with van der Waals surface area (Å²) in [7, 11) is 1.58. The van der Waals surface area contributed by atoms with Crippen molar-refractivity contribution in [1.29, 1.82) is 0 Å². The molecule has 1 saturated carbocycles. The fraction of sp³-hybridized carbons (Fsp3) is 0.571. The third-order valence-corrected chi connectivity index (χ3v) is 5.45. The van der Waals surface area contributed by atoms with Crippen LogP contribution in [0.15, 0.2) is 12.1 Å². The van der Waals surface area contributed by atoms with Gasteiger partial charge < -0.3 is 20.3 Å². The molecule has 7 heteroatoms. The zero-order chi connectivity index (χ0) is 15.2. The lowest BCUT2D eigenvalue weighted by Gasteiger charge is -2.42. The first-order chi connectivity index (χ1) is 9.79. The molecule has 2 aliphatic heterocycles. The van der Waals surface area contributed by atoms with Crippen molar-refractivity contribution in [3.05, 3.63) is 23.5 Å². The second kappa shape index (κ2) is 3.41. The zero-order valence-electron chi connectivity index (χ0n) is 12.2. The number of carbonyl (C=O) groups excluding carboxylic acids is 2. The van der Waals surface area contributed by atoms with Crippen LogP contribution < -0.4 is 10.6 Å². The molecule has 4 rings (SSSR count). The quantitative estimate of drug-likeness (QED) is 0.626. The number of nitrogens with zero attached hydrogens (tertiary/aromatic N) is 2. The molecule has 0 spiro atoms. The number of aromatic nitrogens is 1. The molecule has 0 aromatic carbocycles. The average Bonchev–Trinajstić information content (AvgIpc) is 2.97. The number of fused-ring (bicyclic) bond motifs is 5. The number of likely N-dealkylation sites (N-methyl/N-ethyl adjacent to an activating group) is 1. The second-order valence-corrected chi connectivity index (χ2v) is 6.51. The highest BCUT2D eigenvalue weighted by molar-refractivity contribution is 5.95. The van der Waals surface area contributed by atoms with Crippen LogP contribution in [0.1, 0.15) is 35.6 Å². The first kappa shape index (κ1) is 12.7. The molecule has 1 aromatic heterocycles. The second-order valence-electron chi connectivity index (χ2n) is 6.51. The molecule has 1 saturated heterocycles. The molecule has 0 radical (unpaired) electrons. The average molecular weight is 290 g/mol. The molecule has 7 nitrogen and oxygen atoms in total. The van der Waals surface area contributed by atoms with Gasteiger partial charge in [0.25, 0.3) is 5.91 Å². The van der Waals surface area contributed by atoms with Crippen molar-refractivity contribution in [2.24, 2.45) is 0 Å². The third-order valence-electron chi connectivity index (χ3n) is 5.45. The summed E-state index contributed by atoms with van der Waals surface area (Å²) in [6.07, 6.45) is 0.381. The lowest BCUT2D eigenvalue weighted by molar-refractivity contribution is -0.0590. The van der Waals surface area contributed by atoms with Crippen LogP contribution in [0.4, 0.5) is 4.79 Å². The van der Waals surface area contributed by atoms with Crippen LogP contribution in [0, 0.1) is 6.92 Å². The smallest absolute Gasteiger partial charge is 0.319 e. The highest BCUT2D eigenvalue weighted by atomic mass is 16.3. The minimum absolute atomic E-state index is 0.0988. The van der Waals surface area contributed by atoms with Gasteiger partial charge in [-0.15, -0.1) is 0 Å². The number of carbonyl (C=O) groups is 2. The molecule has 3 heterocycles. The summed E-state index contributed by atoms with van der Waals surface area (Å²) >= 11 is 0. The first-order valence-electron chi connectivity index (χ1n) is 7.06. The number of hydrogen-bond acceptors (Lipinski definition) is 3. The van der Waals surface area contributed by atoms with Crippen molar-refractivity contribution >= 4 is 11.9 Å². The van der Waals surface area contributed by atoms with Crippen LogP contribution in [0.2, 0.25) is 0 Å². The van der Waals surface area contributed by atoms with Crippen LogP contribution in [-0.2, 0) is 0 Å². The maximum absolute atomic E-state index is 12.4. The molecular weight excluding hydrogens is 272 g/mol. The Morgan fingerprint density at radius 1 is 1.38 bits per heavy atom.